The Hall–Kier alpha value is -0.890. The smallest absolute Gasteiger partial charge is 0.140 e. The molecule has 5 N–H and O–H groups in total. The summed E-state index contributed by atoms with van der Waals surface area (Å²) in [5.41, 5.74) is 1.00. The molecule has 0 saturated carbocycles. The Bertz CT molecular complexity index is 550. The number of benzene rings is 1. The van der Waals surface area contributed by atoms with Gasteiger partial charge in [0.2, 0.25) is 0 Å². The van der Waals surface area contributed by atoms with E-state index in [0.717, 1.165) is 0 Å². The first-order chi connectivity index (χ1) is 8.93. The average molecular weight is 307 g/mol. The molecular formula is C11H12Cl2N2O4. The molecule has 6 nitrogen and oxygen atoms in total. The monoisotopic (exact) mass is 306 g/mol. The SMILES string of the molecule is OC[C@@H](O)C(O)[C@@H](O)c1nc2cc(Cl)c(Cl)cc2[nH]1. The highest BCUT2D eigenvalue weighted by Gasteiger charge is 2.27. The molecule has 2 aromatic rings. The van der Waals surface area contributed by atoms with Crippen LogP contribution in [-0.2, 0) is 0 Å². The van der Waals surface area contributed by atoms with E-state index in [-0.39, 0.29) is 5.82 Å². The summed E-state index contributed by atoms with van der Waals surface area (Å²) in [6, 6.07) is 3.05. The molecule has 0 aliphatic rings. The maximum absolute atomic E-state index is 9.85. The molecule has 2 rings (SSSR count). The summed E-state index contributed by atoms with van der Waals surface area (Å²) in [5.74, 6) is 0.0494. The molecule has 1 heterocycles. The Labute approximate surface area is 118 Å². The van der Waals surface area contributed by atoms with Crippen LogP contribution >= 0.6 is 23.2 Å². The second-order valence-electron chi connectivity index (χ2n) is 4.09. The van der Waals surface area contributed by atoms with Gasteiger partial charge in [-0.1, -0.05) is 23.2 Å². The molecular weight excluding hydrogens is 295 g/mol. The first-order valence-electron chi connectivity index (χ1n) is 5.43. The van der Waals surface area contributed by atoms with Gasteiger partial charge in [0.1, 0.15) is 24.1 Å². The molecule has 104 valence electrons. The standard InChI is InChI=1S/C11H12Cl2N2O4/c12-4-1-6-7(2-5(4)13)15-11(14-6)10(19)9(18)8(17)3-16/h1-2,8-10,16-19H,3H2,(H,14,15)/t8-,9?,10-/m1/s1. The Morgan fingerprint density at radius 2 is 1.79 bits per heavy atom. The van der Waals surface area contributed by atoms with E-state index in [9.17, 15) is 15.3 Å². The lowest BCUT2D eigenvalue weighted by molar-refractivity contribution is -0.0800. The fraction of sp³-hybridized carbons (Fsp3) is 0.364. The van der Waals surface area contributed by atoms with Gasteiger partial charge in [-0.25, -0.2) is 4.98 Å². The van der Waals surface area contributed by atoms with E-state index in [4.69, 9.17) is 28.3 Å². The molecule has 3 atom stereocenters. The maximum atomic E-state index is 9.85. The Balaban J connectivity index is 2.35. The van der Waals surface area contributed by atoms with Gasteiger partial charge in [-0.15, -0.1) is 0 Å². The number of aliphatic hydroxyl groups is 4. The number of hydrogen-bond donors (Lipinski definition) is 5. The zero-order chi connectivity index (χ0) is 14.2. The van der Waals surface area contributed by atoms with Crippen molar-refractivity contribution in [3.8, 4) is 0 Å². The van der Waals surface area contributed by atoms with Gasteiger partial charge in [0, 0.05) is 0 Å². The van der Waals surface area contributed by atoms with Crippen molar-refractivity contribution in [2.45, 2.75) is 18.3 Å². The minimum Gasteiger partial charge on any atom is -0.394 e. The molecule has 1 aromatic heterocycles. The topological polar surface area (TPSA) is 110 Å². The third kappa shape index (κ3) is 2.84. The quantitative estimate of drug-likeness (QED) is 0.569. The zero-order valence-electron chi connectivity index (χ0n) is 9.59. The van der Waals surface area contributed by atoms with Crippen molar-refractivity contribution >= 4 is 34.2 Å². The van der Waals surface area contributed by atoms with Crippen molar-refractivity contribution in [1.29, 1.82) is 0 Å². The Morgan fingerprint density at radius 3 is 2.42 bits per heavy atom. The van der Waals surface area contributed by atoms with Gasteiger partial charge in [0.05, 0.1) is 27.7 Å². The maximum Gasteiger partial charge on any atom is 0.140 e. The Morgan fingerprint density at radius 1 is 1.16 bits per heavy atom. The fourth-order valence-corrected chi connectivity index (χ4v) is 1.97. The van der Waals surface area contributed by atoms with Crippen LogP contribution in [0, 0.1) is 0 Å². The van der Waals surface area contributed by atoms with E-state index in [0.29, 0.717) is 21.1 Å². The summed E-state index contributed by atoms with van der Waals surface area (Å²) in [6.07, 6.45) is -4.49. The Kier molecular flexibility index (Phi) is 4.29. The van der Waals surface area contributed by atoms with Crippen molar-refractivity contribution in [1.82, 2.24) is 9.97 Å². The number of hydrogen-bond acceptors (Lipinski definition) is 5. The van der Waals surface area contributed by atoms with Crippen molar-refractivity contribution in [3.63, 3.8) is 0 Å². The molecule has 0 aliphatic carbocycles. The molecule has 1 aromatic carbocycles. The zero-order valence-corrected chi connectivity index (χ0v) is 11.1. The van der Waals surface area contributed by atoms with Crippen LogP contribution in [0.2, 0.25) is 10.0 Å². The molecule has 8 heteroatoms. The molecule has 1 unspecified atom stereocenters. The molecule has 0 fully saturated rings. The van der Waals surface area contributed by atoms with E-state index < -0.39 is 24.9 Å². The van der Waals surface area contributed by atoms with Crippen LogP contribution in [0.5, 0.6) is 0 Å². The van der Waals surface area contributed by atoms with E-state index in [1.165, 1.54) is 12.1 Å². The van der Waals surface area contributed by atoms with E-state index in [1.54, 1.807) is 0 Å². The summed E-state index contributed by atoms with van der Waals surface area (Å²) in [7, 11) is 0. The number of fused-ring (bicyclic) bond motifs is 1. The van der Waals surface area contributed by atoms with Gasteiger partial charge in [0.25, 0.3) is 0 Å². The lowest BCUT2D eigenvalue weighted by Crippen LogP contribution is -2.35. The minimum absolute atomic E-state index is 0.0494. The van der Waals surface area contributed by atoms with Crippen molar-refractivity contribution in [2.24, 2.45) is 0 Å². The van der Waals surface area contributed by atoms with Gasteiger partial charge in [0.15, 0.2) is 0 Å². The van der Waals surface area contributed by atoms with Crippen LogP contribution < -0.4 is 0 Å². The number of imidazole rings is 1. The van der Waals surface area contributed by atoms with Crippen molar-refractivity contribution in [2.75, 3.05) is 6.61 Å². The lowest BCUT2D eigenvalue weighted by Gasteiger charge is -2.19. The summed E-state index contributed by atoms with van der Waals surface area (Å²) in [5, 5.41) is 38.1. The van der Waals surface area contributed by atoms with Crippen molar-refractivity contribution < 1.29 is 20.4 Å². The van der Waals surface area contributed by atoms with Gasteiger partial charge in [-0.3, -0.25) is 0 Å². The van der Waals surface area contributed by atoms with E-state index in [2.05, 4.69) is 9.97 Å². The number of nitrogens with zero attached hydrogens (tertiary/aromatic N) is 1. The third-order valence-electron chi connectivity index (χ3n) is 2.73. The molecule has 0 radical (unpaired) electrons. The summed E-state index contributed by atoms with van der Waals surface area (Å²) >= 11 is 11.7. The predicted octanol–water partition coefficient (Wildman–Crippen LogP) is 0.617. The van der Waals surface area contributed by atoms with Crippen LogP contribution in [0.15, 0.2) is 12.1 Å². The second kappa shape index (κ2) is 5.62. The highest BCUT2D eigenvalue weighted by Crippen LogP contribution is 2.28. The van der Waals surface area contributed by atoms with Crippen LogP contribution in [0.25, 0.3) is 11.0 Å². The van der Waals surface area contributed by atoms with Gasteiger partial charge in [-0.2, -0.15) is 0 Å². The largest absolute Gasteiger partial charge is 0.394 e. The van der Waals surface area contributed by atoms with Crippen LogP contribution in [0.4, 0.5) is 0 Å². The van der Waals surface area contributed by atoms with Gasteiger partial charge < -0.3 is 25.4 Å². The molecule has 0 spiro atoms. The van der Waals surface area contributed by atoms with Gasteiger partial charge in [-0.05, 0) is 12.1 Å². The second-order valence-corrected chi connectivity index (χ2v) is 4.91. The third-order valence-corrected chi connectivity index (χ3v) is 3.45. The first-order valence-corrected chi connectivity index (χ1v) is 6.19. The lowest BCUT2D eigenvalue weighted by atomic mass is 10.1. The predicted molar refractivity (Wildman–Crippen MR) is 70.2 cm³/mol. The van der Waals surface area contributed by atoms with Gasteiger partial charge >= 0.3 is 0 Å². The van der Waals surface area contributed by atoms with E-state index in [1.807, 2.05) is 0 Å². The fourth-order valence-electron chi connectivity index (χ4n) is 1.64. The van der Waals surface area contributed by atoms with Crippen LogP contribution in [0.1, 0.15) is 11.9 Å². The van der Waals surface area contributed by atoms with Crippen LogP contribution in [-0.4, -0.2) is 49.2 Å². The number of H-pyrrole nitrogens is 1. The molecule has 0 amide bonds. The first kappa shape index (κ1) is 14.5. The highest BCUT2D eigenvalue weighted by molar-refractivity contribution is 6.42. The minimum atomic E-state index is -1.56. The molecule has 0 aliphatic heterocycles. The number of halogens is 2. The molecule has 0 saturated heterocycles. The van der Waals surface area contributed by atoms with Crippen molar-refractivity contribution in [3.05, 3.63) is 28.0 Å². The molecule has 0 bridgehead atoms. The van der Waals surface area contributed by atoms with E-state index >= 15 is 0 Å². The normalized spacial score (nSPS) is 16.5. The number of rotatable bonds is 4. The summed E-state index contributed by atoms with van der Waals surface area (Å²) < 4.78 is 0. The number of aromatic nitrogens is 2. The molecule has 19 heavy (non-hydrogen) atoms. The number of aliphatic hydroxyl groups excluding tert-OH is 4. The summed E-state index contributed by atoms with van der Waals surface area (Å²) in [6.45, 7) is -0.671. The number of nitrogens with one attached hydrogen (secondary N) is 1. The number of aromatic amines is 1. The van der Waals surface area contributed by atoms with Crippen LogP contribution in [0.3, 0.4) is 0 Å². The average Bonchev–Trinajstić information content (AvgIpc) is 2.79. The highest BCUT2D eigenvalue weighted by atomic mass is 35.5. The summed E-state index contributed by atoms with van der Waals surface area (Å²) in [4.78, 5) is 6.82.